The number of ether oxygens (including phenoxy) is 3. The predicted molar refractivity (Wildman–Crippen MR) is 143 cm³/mol. The zero-order valence-corrected chi connectivity index (χ0v) is 22.4. The number of rotatable bonds is 8. The highest BCUT2D eigenvalue weighted by Crippen LogP contribution is 2.40. The molecule has 40 heavy (non-hydrogen) atoms. The second-order valence-corrected chi connectivity index (χ2v) is 11.1. The van der Waals surface area contributed by atoms with Crippen molar-refractivity contribution in [3.63, 3.8) is 0 Å². The van der Waals surface area contributed by atoms with Crippen LogP contribution in [0.5, 0.6) is 0 Å². The smallest absolute Gasteiger partial charge is 0.135 e. The van der Waals surface area contributed by atoms with Gasteiger partial charge in [-0.1, -0.05) is 0 Å². The molecule has 4 aromatic rings. The van der Waals surface area contributed by atoms with Crippen LogP contribution in [0.4, 0.5) is 8.78 Å². The van der Waals surface area contributed by atoms with Crippen molar-refractivity contribution in [3.05, 3.63) is 70.9 Å². The van der Waals surface area contributed by atoms with Gasteiger partial charge in [-0.25, -0.2) is 23.7 Å². The average Bonchev–Trinajstić information content (AvgIpc) is 3.66. The minimum absolute atomic E-state index is 0.0736. The van der Waals surface area contributed by atoms with Crippen LogP contribution in [0.15, 0.2) is 36.7 Å². The number of nitrogens with zero attached hydrogens (tertiary/aromatic N) is 5. The molecule has 1 aliphatic carbocycles. The van der Waals surface area contributed by atoms with Gasteiger partial charge in [0.05, 0.1) is 61.7 Å². The summed E-state index contributed by atoms with van der Waals surface area (Å²) in [7, 11) is 0. The van der Waals surface area contributed by atoms with E-state index in [-0.39, 0.29) is 24.2 Å². The molecule has 208 valence electrons. The summed E-state index contributed by atoms with van der Waals surface area (Å²) in [6.07, 6.45) is 7.74. The van der Waals surface area contributed by atoms with E-state index in [0.717, 1.165) is 35.9 Å². The molecule has 10 heteroatoms. The molecule has 0 unspecified atom stereocenters. The van der Waals surface area contributed by atoms with Gasteiger partial charge in [0, 0.05) is 47.5 Å². The lowest BCUT2D eigenvalue weighted by Crippen LogP contribution is -2.31. The molecule has 5 heterocycles. The Bertz CT molecular complexity index is 1550. The van der Waals surface area contributed by atoms with Gasteiger partial charge in [0.1, 0.15) is 22.8 Å². The Balaban J connectivity index is 1.24. The summed E-state index contributed by atoms with van der Waals surface area (Å²) >= 11 is 0. The van der Waals surface area contributed by atoms with Gasteiger partial charge in [0.2, 0.25) is 0 Å². The van der Waals surface area contributed by atoms with Crippen LogP contribution in [0.2, 0.25) is 0 Å². The van der Waals surface area contributed by atoms with Crippen molar-refractivity contribution in [2.24, 2.45) is 5.92 Å². The maximum Gasteiger partial charge on any atom is 0.135 e. The number of halogens is 2. The molecule has 0 N–H and O–H groups in total. The highest BCUT2D eigenvalue weighted by molar-refractivity contribution is 5.89. The maximum absolute atomic E-state index is 15.1. The lowest BCUT2D eigenvalue weighted by Gasteiger charge is -2.29. The first kappa shape index (κ1) is 25.6. The molecular weight excluding hydrogens is 516 g/mol. The summed E-state index contributed by atoms with van der Waals surface area (Å²) in [6, 6.07) is 6.00. The molecule has 2 saturated heterocycles. The van der Waals surface area contributed by atoms with Gasteiger partial charge in [0.25, 0.3) is 0 Å². The van der Waals surface area contributed by atoms with Crippen LogP contribution in [0.1, 0.15) is 66.4 Å². The molecule has 1 saturated carbocycles. The third-order valence-electron chi connectivity index (χ3n) is 8.05. The van der Waals surface area contributed by atoms with Crippen LogP contribution in [0, 0.1) is 24.5 Å². The van der Waals surface area contributed by atoms with Crippen molar-refractivity contribution < 1.29 is 23.0 Å². The van der Waals surface area contributed by atoms with Gasteiger partial charge in [-0.15, -0.1) is 0 Å². The standard InChI is InChI=1S/C30H31F2N5O3/c1-17-27(16-39-15-18-13-38-14-18)36-30-26(34-17)10-25(35-29(30)23-5-2-21(31)9-24(23)32)19-6-7-40-28(8-19)20-11-33-37(12-20)22-3-4-22/h2,5,9-12,18-19,22,28H,3-4,6-8,13-16H2,1H3/t19-,28-/m0/s1. The van der Waals surface area contributed by atoms with E-state index in [1.165, 1.54) is 25.0 Å². The number of benzene rings is 1. The van der Waals surface area contributed by atoms with E-state index in [1.807, 2.05) is 23.9 Å². The molecule has 0 spiro atoms. The molecule has 0 radical (unpaired) electrons. The second-order valence-electron chi connectivity index (χ2n) is 11.1. The third kappa shape index (κ3) is 5.11. The molecule has 0 amide bonds. The minimum Gasteiger partial charge on any atom is -0.381 e. The van der Waals surface area contributed by atoms with Crippen molar-refractivity contribution in [1.29, 1.82) is 0 Å². The van der Waals surface area contributed by atoms with Gasteiger partial charge in [0.15, 0.2) is 0 Å². The Morgan fingerprint density at radius 3 is 2.73 bits per heavy atom. The normalized spacial score (nSPS) is 21.6. The highest BCUT2D eigenvalue weighted by Gasteiger charge is 2.30. The average molecular weight is 548 g/mol. The molecule has 1 aromatic carbocycles. The summed E-state index contributed by atoms with van der Waals surface area (Å²) in [6.45, 7) is 4.77. The maximum atomic E-state index is 15.1. The molecule has 2 atom stereocenters. The fourth-order valence-corrected chi connectivity index (χ4v) is 5.47. The van der Waals surface area contributed by atoms with Crippen LogP contribution in [-0.2, 0) is 20.8 Å². The van der Waals surface area contributed by atoms with Crippen LogP contribution < -0.4 is 0 Å². The van der Waals surface area contributed by atoms with Crippen molar-refractivity contribution in [2.45, 2.75) is 57.3 Å². The first-order chi connectivity index (χ1) is 19.5. The summed E-state index contributed by atoms with van der Waals surface area (Å²) in [5, 5.41) is 4.53. The van der Waals surface area contributed by atoms with Gasteiger partial charge in [-0.3, -0.25) is 4.68 Å². The first-order valence-corrected chi connectivity index (χ1v) is 14.0. The van der Waals surface area contributed by atoms with Crippen molar-refractivity contribution >= 4 is 11.0 Å². The van der Waals surface area contributed by atoms with E-state index >= 15 is 4.39 Å². The highest BCUT2D eigenvalue weighted by atomic mass is 19.1. The number of pyridine rings is 1. The Labute approximate surface area is 230 Å². The van der Waals surface area contributed by atoms with Crippen LogP contribution in [0.3, 0.4) is 0 Å². The van der Waals surface area contributed by atoms with Gasteiger partial charge in [-0.05, 0) is 50.8 Å². The Morgan fingerprint density at radius 2 is 1.95 bits per heavy atom. The molecule has 8 nitrogen and oxygen atoms in total. The first-order valence-electron chi connectivity index (χ1n) is 14.0. The molecule has 3 fully saturated rings. The summed E-state index contributed by atoms with van der Waals surface area (Å²) in [4.78, 5) is 14.7. The topological polar surface area (TPSA) is 84.2 Å². The number of fused-ring (bicyclic) bond motifs is 1. The zero-order chi connectivity index (χ0) is 27.2. The van der Waals surface area contributed by atoms with Gasteiger partial charge >= 0.3 is 0 Å². The molecule has 2 aliphatic heterocycles. The van der Waals surface area contributed by atoms with Crippen molar-refractivity contribution in [2.75, 3.05) is 26.4 Å². The fourth-order valence-electron chi connectivity index (χ4n) is 5.47. The predicted octanol–water partition coefficient (Wildman–Crippen LogP) is 5.61. The van der Waals surface area contributed by atoms with E-state index in [1.54, 1.807) is 0 Å². The van der Waals surface area contributed by atoms with E-state index in [0.29, 0.717) is 60.8 Å². The molecule has 3 aliphatic rings. The third-order valence-corrected chi connectivity index (χ3v) is 8.05. The lowest BCUT2D eigenvalue weighted by molar-refractivity contribution is -0.0749. The van der Waals surface area contributed by atoms with E-state index in [2.05, 4.69) is 11.3 Å². The Hall–Kier alpha value is -3.34. The number of hydrogen-bond donors (Lipinski definition) is 0. The second kappa shape index (κ2) is 10.6. The lowest BCUT2D eigenvalue weighted by atomic mass is 9.89. The van der Waals surface area contributed by atoms with Gasteiger partial charge < -0.3 is 14.2 Å². The number of hydrogen-bond acceptors (Lipinski definition) is 7. The summed E-state index contributed by atoms with van der Waals surface area (Å²) < 4.78 is 48.2. The van der Waals surface area contributed by atoms with E-state index < -0.39 is 11.6 Å². The van der Waals surface area contributed by atoms with E-state index in [4.69, 9.17) is 29.2 Å². The Morgan fingerprint density at radius 1 is 1.07 bits per heavy atom. The van der Waals surface area contributed by atoms with E-state index in [9.17, 15) is 4.39 Å². The van der Waals surface area contributed by atoms with Crippen LogP contribution in [0.25, 0.3) is 22.3 Å². The molecule has 0 bridgehead atoms. The van der Waals surface area contributed by atoms with Crippen LogP contribution >= 0.6 is 0 Å². The quantitative estimate of drug-likeness (QED) is 0.284. The molecular formula is C30H31F2N5O3. The zero-order valence-electron chi connectivity index (χ0n) is 22.4. The largest absolute Gasteiger partial charge is 0.381 e. The summed E-state index contributed by atoms with van der Waals surface area (Å²) in [5.41, 5.74) is 4.94. The Kier molecular flexibility index (Phi) is 6.77. The van der Waals surface area contributed by atoms with Gasteiger partial charge in [-0.2, -0.15) is 5.10 Å². The van der Waals surface area contributed by atoms with Crippen molar-refractivity contribution in [1.82, 2.24) is 24.7 Å². The fraction of sp³-hybridized carbons (Fsp3) is 0.467. The number of aryl methyl sites for hydroxylation is 1. The molecule has 3 aromatic heterocycles. The SMILES string of the molecule is Cc1nc2cc([C@H]3CCO[C@H](c4cnn(C5CC5)c4)C3)nc(-c3ccc(F)cc3F)c2nc1COCC1COC1. The van der Waals surface area contributed by atoms with Crippen molar-refractivity contribution in [3.8, 4) is 11.3 Å². The summed E-state index contributed by atoms with van der Waals surface area (Å²) in [5.74, 6) is -0.858. The number of aromatic nitrogens is 5. The molecule has 7 rings (SSSR count). The van der Waals surface area contributed by atoms with Crippen LogP contribution in [-0.4, -0.2) is 51.2 Å². The minimum atomic E-state index is -0.687. The monoisotopic (exact) mass is 547 g/mol.